The molecule has 1 saturated carbocycles. The van der Waals surface area contributed by atoms with Gasteiger partial charge in [-0.05, 0) is 12.8 Å². The molecule has 1 unspecified atom stereocenters. The fourth-order valence-electron chi connectivity index (χ4n) is 2.76. The Kier molecular flexibility index (Phi) is 2.89. The lowest BCUT2D eigenvalue weighted by Gasteiger charge is -2.28. The molecular formula is C12H20N4O2. The van der Waals surface area contributed by atoms with Crippen molar-refractivity contribution in [2.45, 2.75) is 24.9 Å². The highest BCUT2D eigenvalue weighted by molar-refractivity contribution is 5.85. The highest BCUT2D eigenvalue weighted by Crippen LogP contribution is 2.26. The predicted octanol–water partition coefficient (Wildman–Crippen LogP) is -0.683. The zero-order chi connectivity index (χ0) is 12.7. The summed E-state index contributed by atoms with van der Waals surface area (Å²) in [6.45, 7) is 3.36. The summed E-state index contributed by atoms with van der Waals surface area (Å²) in [5.41, 5.74) is 0. The van der Waals surface area contributed by atoms with Gasteiger partial charge in [0.15, 0.2) is 0 Å². The number of amides is 3. The van der Waals surface area contributed by atoms with Crippen LogP contribution in [0.2, 0.25) is 0 Å². The van der Waals surface area contributed by atoms with Gasteiger partial charge in [0.25, 0.3) is 0 Å². The van der Waals surface area contributed by atoms with Crippen LogP contribution in [-0.2, 0) is 4.79 Å². The molecule has 2 aliphatic heterocycles. The second-order valence-corrected chi connectivity index (χ2v) is 5.45. The lowest BCUT2D eigenvalue weighted by atomic mass is 10.2. The number of carbonyl (C=O) groups is 2. The molecule has 2 heterocycles. The molecule has 0 aromatic carbocycles. The Morgan fingerprint density at radius 2 is 2.28 bits per heavy atom. The standard InChI is InChI=1S/C12H20N4O2/c1-14(9-2-3-9)11(17)8-15-7-10-6-13-4-5-16(10)12(15)18/h9-10,13H,2-8H2,1H3. The van der Waals surface area contributed by atoms with Crippen molar-refractivity contribution in [1.82, 2.24) is 20.0 Å². The van der Waals surface area contributed by atoms with Gasteiger partial charge in [0.05, 0.1) is 6.04 Å². The number of fused-ring (bicyclic) bond motifs is 1. The molecule has 0 aromatic rings. The quantitative estimate of drug-likeness (QED) is 0.724. The number of urea groups is 1. The summed E-state index contributed by atoms with van der Waals surface area (Å²) in [5.74, 6) is 0.0682. The molecule has 18 heavy (non-hydrogen) atoms. The van der Waals surface area contributed by atoms with Gasteiger partial charge in [-0.1, -0.05) is 0 Å². The highest BCUT2D eigenvalue weighted by atomic mass is 16.2. The Morgan fingerprint density at radius 1 is 1.50 bits per heavy atom. The molecule has 0 aromatic heterocycles. The third-order valence-electron chi connectivity index (χ3n) is 4.11. The third kappa shape index (κ3) is 2.05. The summed E-state index contributed by atoms with van der Waals surface area (Å²) >= 11 is 0. The Balaban J connectivity index is 1.59. The Bertz CT molecular complexity index is 369. The van der Waals surface area contributed by atoms with Crippen LogP contribution in [0.4, 0.5) is 4.79 Å². The van der Waals surface area contributed by atoms with E-state index in [-0.39, 0.29) is 24.5 Å². The van der Waals surface area contributed by atoms with Crippen LogP contribution in [0.3, 0.4) is 0 Å². The van der Waals surface area contributed by atoms with E-state index in [0.717, 1.165) is 32.5 Å². The first kappa shape index (κ1) is 11.8. The molecule has 0 spiro atoms. The fraction of sp³-hybridized carbons (Fsp3) is 0.833. The van der Waals surface area contributed by atoms with E-state index in [9.17, 15) is 9.59 Å². The Hall–Kier alpha value is -1.30. The maximum absolute atomic E-state index is 12.1. The van der Waals surface area contributed by atoms with Crippen molar-refractivity contribution in [3.05, 3.63) is 0 Å². The maximum atomic E-state index is 12.1. The van der Waals surface area contributed by atoms with Crippen LogP contribution in [0.5, 0.6) is 0 Å². The van der Waals surface area contributed by atoms with E-state index < -0.39 is 0 Å². The van der Waals surface area contributed by atoms with Crippen molar-refractivity contribution >= 4 is 11.9 Å². The SMILES string of the molecule is CN(C(=O)CN1CC2CNCCN2C1=O)C1CC1. The number of rotatable bonds is 3. The maximum Gasteiger partial charge on any atom is 0.320 e. The number of hydrogen-bond acceptors (Lipinski definition) is 3. The first-order valence-electron chi connectivity index (χ1n) is 6.69. The number of nitrogens with zero attached hydrogens (tertiary/aromatic N) is 3. The molecule has 6 nitrogen and oxygen atoms in total. The van der Waals surface area contributed by atoms with Gasteiger partial charge < -0.3 is 20.0 Å². The zero-order valence-electron chi connectivity index (χ0n) is 10.8. The molecule has 100 valence electrons. The van der Waals surface area contributed by atoms with Gasteiger partial charge in [-0.3, -0.25) is 4.79 Å². The average molecular weight is 252 g/mol. The molecule has 0 bridgehead atoms. The van der Waals surface area contributed by atoms with Crippen LogP contribution < -0.4 is 5.32 Å². The molecule has 3 amide bonds. The summed E-state index contributed by atoms with van der Waals surface area (Å²) in [5, 5.41) is 3.29. The van der Waals surface area contributed by atoms with Crippen LogP contribution in [0, 0.1) is 0 Å². The smallest absolute Gasteiger partial charge is 0.320 e. The van der Waals surface area contributed by atoms with E-state index in [2.05, 4.69) is 5.32 Å². The summed E-state index contributed by atoms with van der Waals surface area (Å²) in [6, 6.07) is 0.684. The molecule has 3 rings (SSSR count). The molecule has 3 fully saturated rings. The van der Waals surface area contributed by atoms with Gasteiger partial charge in [-0.15, -0.1) is 0 Å². The van der Waals surface area contributed by atoms with Crippen molar-refractivity contribution < 1.29 is 9.59 Å². The van der Waals surface area contributed by atoms with Gasteiger partial charge in [0, 0.05) is 39.3 Å². The molecular weight excluding hydrogens is 232 g/mol. The summed E-state index contributed by atoms with van der Waals surface area (Å²) in [4.78, 5) is 29.5. The number of likely N-dealkylation sites (N-methyl/N-ethyl adjacent to an activating group) is 1. The van der Waals surface area contributed by atoms with Crippen molar-refractivity contribution in [1.29, 1.82) is 0 Å². The first-order chi connectivity index (χ1) is 8.66. The topological polar surface area (TPSA) is 55.9 Å². The molecule has 1 N–H and O–H groups in total. The van der Waals surface area contributed by atoms with Crippen LogP contribution in [0.15, 0.2) is 0 Å². The number of carbonyl (C=O) groups excluding carboxylic acids is 2. The second kappa shape index (κ2) is 4.42. The predicted molar refractivity (Wildman–Crippen MR) is 66.1 cm³/mol. The fourth-order valence-corrected chi connectivity index (χ4v) is 2.76. The van der Waals surface area contributed by atoms with Crippen LogP contribution in [-0.4, -0.2) is 78.5 Å². The number of piperazine rings is 1. The second-order valence-electron chi connectivity index (χ2n) is 5.45. The summed E-state index contributed by atoms with van der Waals surface area (Å²) in [6.07, 6.45) is 2.21. The molecule has 1 atom stereocenters. The van der Waals surface area contributed by atoms with Gasteiger partial charge in [0.1, 0.15) is 6.54 Å². The van der Waals surface area contributed by atoms with Crippen molar-refractivity contribution in [2.24, 2.45) is 0 Å². The highest BCUT2D eigenvalue weighted by Gasteiger charge is 2.40. The lowest BCUT2D eigenvalue weighted by molar-refractivity contribution is -0.130. The minimum atomic E-state index is 0.0269. The van der Waals surface area contributed by atoms with E-state index in [1.54, 1.807) is 9.80 Å². The van der Waals surface area contributed by atoms with Gasteiger partial charge in [-0.2, -0.15) is 0 Å². The van der Waals surface area contributed by atoms with Gasteiger partial charge in [0.2, 0.25) is 5.91 Å². The number of nitrogens with one attached hydrogen (secondary N) is 1. The van der Waals surface area contributed by atoms with E-state index in [1.807, 2.05) is 11.9 Å². The molecule has 3 aliphatic rings. The average Bonchev–Trinajstić information content (AvgIpc) is 3.17. The Labute approximate surface area is 107 Å². The minimum absolute atomic E-state index is 0.0269. The van der Waals surface area contributed by atoms with Gasteiger partial charge in [-0.25, -0.2) is 4.79 Å². The van der Waals surface area contributed by atoms with Crippen molar-refractivity contribution in [2.75, 3.05) is 39.8 Å². The van der Waals surface area contributed by atoms with Crippen molar-refractivity contribution in [3.63, 3.8) is 0 Å². The van der Waals surface area contributed by atoms with E-state index in [4.69, 9.17) is 0 Å². The first-order valence-corrected chi connectivity index (χ1v) is 6.69. The largest absolute Gasteiger partial charge is 0.341 e. The number of hydrogen-bond donors (Lipinski definition) is 1. The van der Waals surface area contributed by atoms with Gasteiger partial charge >= 0.3 is 6.03 Å². The van der Waals surface area contributed by atoms with Crippen LogP contribution >= 0.6 is 0 Å². The molecule has 2 saturated heterocycles. The normalized spacial score (nSPS) is 27.4. The van der Waals surface area contributed by atoms with Crippen LogP contribution in [0.1, 0.15) is 12.8 Å². The summed E-state index contributed by atoms with van der Waals surface area (Å²) in [7, 11) is 1.84. The van der Waals surface area contributed by atoms with E-state index in [0.29, 0.717) is 12.6 Å². The molecule has 0 radical (unpaired) electrons. The van der Waals surface area contributed by atoms with Crippen LogP contribution in [0.25, 0.3) is 0 Å². The lowest BCUT2D eigenvalue weighted by Crippen LogP contribution is -2.50. The third-order valence-corrected chi connectivity index (χ3v) is 4.11. The Morgan fingerprint density at radius 3 is 2.94 bits per heavy atom. The molecule has 1 aliphatic carbocycles. The van der Waals surface area contributed by atoms with E-state index >= 15 is 0 Å². The zero-order valence-corrected chi connectivity index (χ0v) is 10.8. The summed E-state index contributed by atoms with van der Waals surface area (Å²) < 4.78 is 0. The van der Waals surface area contributed by atoms with E-state index in [1.165, 1.54) is 0 Å². The van der Waals surface area contributed by atoms with Crippen molar-refractivity contribution in [3.8, 4) is 0 Å². The molecule has 6 heteroatoms. The minimum Gasteiger partial charge on any atom is -0.341 e. The monoisotopic (exact) mass is 252 g/mol.